The van der Waals surface area contributed by atoms with Gasteiger partial charge in [0, 0.05) is 48.8 Å². The van der Waals surface area contributed by atoms with E-state index in [0.717, 1.165) is 29.9 Å². The van der Waals surface area contributed by atoms with Gasteiger partial charge in [-0.15, -0.1) is 24.0 Å². The smallest absolute Gasteiger partial charge is 0.191 e. The molecular weight excluding hydrogens is 451 g/mol. The highest BCUT2D eigenvalue weighted by Gasteiger charge is 2.38. The van der Waals surface area contributed by atoms with Gasteiger partial charge >= 0.3 is 0 Å². The molecule has 0 amide bonds. The molecule has 25 heavy (non-hydrogen) atoms. The summed E-state index contributed by atoms with van der Waals surface area (Å²) < 4.78 is 5.40. The van der Waals surface area contributed by atoms with Crippen molar-refractivity contribution >= 4 is 41.5 Å². The molecule has 1 aromatic rings. The first kappa shape index (κ1) is 20.6. The molecule has 1 aliphatic carbocycles. The molecule has 2 N–H and O–H groups in total. The van der Waals surface area contributed by atoms with E-state index in [2.05, 4.69) is 27.4 Å². The van der Waals surface area contributed by atoms with Gasteiger partial charge in [0.05, 0.1) is 7.11 Å². The lowest BCUT2D eigenvalue weighted by Crippen LogP contribution is -2.44. The maximum absolute atomic E-state index is 6.02. The molecule has 5 nitrogen and oxygen atoms in total. The summed E-state index contributed by atoms with van der Waals surface area (Å²) in [6, 6.07) is 7.63. The minimum absolute atomic E-state index is 0. The fourth-order valence-electron chi connectivity index (χ4n) is 3.51. The fourth-order valence-corrected chi connectivity index (χ4v) is 3.67. The summed E-state index contributed by atoms with van der Waals surface area (Å²) in [4.78, 5) is 6.99. The quantitative estimate of drug-likeness (QED) is 0.387. The first-order chi connectivity index (χ1) is 11.6. The molecule has 1 saturated carbocycles. The standard InChI is InChI=1S/C18H27ClN4O.HI/c1-12-8-15(11-23(12)16-6-7-16)22-18(20-2)21-10-13-4-5-14(19)9-17(13)24-3;/h4-5,9,12,15-16H,6-8,10-11H2,1-3H3,(H2,20,21,22);1H. The molecule has 2 aliphatic rings. The highest BCUT2D eigenvalue weighted by atomic mass is 127. The third-order valence-corrected chi connectivity index (χ3v) is 5.13. The van der Waals surface area contributed by atoms with E-state index in [0.29, 0.717) is 23.7 Å². The van der Waals surface area contributed by atoms with E-state index >= 15 is 0 Å². The number of halogens is 2. The second kappa shape index (κ2) is 9.28. The Labute approximate surface area is 172 Å². The van der Waals surface area contributed by atoms with Crippen LogP contribution in [0.1, 0.15) is 31.7 Å². The number of hydrogen-bond acceptors (Lipinski definition) is 3. The Bertz CT molecular complexity index is 609. The average Bonchev–Trinajstić information content (AvgIpc) is 3.35. The molecule has 1 heterocycles. The lowest BCUT2D eigenvalue weighted by molar-refractivity contribution is 0.256. The highest BCUT2D eigenvalue weighted by molar-refractivity contribution is 14.0. The average molecular weight is 479 g/mol. The van der Waals surface area contributed by atoms with Crippen LogP contribution >= 0.6 is 35.6 Å². The van der Waals surface area contributed by atoms with E-state index in [1.165, 1.54) is 19.3 Å². The number of nitrogens with one attached hydrogen (secondary N) is 2. The third kappa shape index (κ3) is 5.37. The molecule has 7 heteroatoms. The number of hydrogen-bond donors (Lipinski definition) is 2. The number of methoxy groups -OCH3 is 1. The van der Waals surface area contributed by atoms with Crippen molar-refractivity contribution < 1.29 is 4.74 Å². The lowest BCUT2D eigenvalue weighted by atomic mass is 10.2. The summed E-state index contributed by atoms with van der Waals surface area (Å²) in [5, 5.41) is 7.62. The summed E-state index contributed by atoms with van der Waals surface area (Å²) in [5.41, 5.74) is 1.06. The molecular formula is C18H28ClIN4O. The van der Waals surface area contributed by atoms with Gasteiger partial charge < -0.3 is 15.4 Å². The maximum Gasteiger partial charge on any atom is 0.191 e. The van der Waals surface area contributed by atoms with Gasteiger partial charge in [0.1, 0.15) is 5.75 Å². The van der Waals surface area contributed by atoms with Crippen LogP contribution in [0.2, 0.25) is 5.02 Å². The van der Waals surface area contributed by atoms with E-state index in [4.69, 9.17) is 16.3 Å². The van der Waals surface area contributed by atoms with Crippen LogP contribution in [0.15, 0.2) is 23.2 Å². The molecule has 3 rings (SSSR count). The maximum atomic E-state index is 6.02. The Kier molecular flexibility index (Phi) is 7.64. The van der Waals surface area contributed by atoms with Crippen molar-refractivity contribution in [2.24, 2.45) is 4.99 Å². The van der Waals surface area contributed by atoms with Gasteiger partial charge in [-0.1, -0.05) is 17.7 Å². The molecule has 2 unspecified atom stereocenters. The molecule has 1 aliphatic heterocycles. The van der Waals surface area contributed by atoms with Crippen LogP contribution in [0.5, 0.6) is 5.75 Å². The minimum atomic E-state index is 0. The molecule has 140 valence electrons. The van der Waals surface area contributed by atoms with Gasteiger partial charge in [0.15, 0.2) is 5.96 Å². The molecule has 0 aromatic heterocycles. The topological polar surface area (TPSA) is 48.9 Å². The third-order valence-electron chi connectivity index (χ3n) is 4.90. The predicted molar refractivity (Wildman–Crippen MR) is 114 cm³/mol. The van der Waals surface area contributed by atoms with Crippen LogP contribution < -0.4 is 15.4 Å². The summed E-state index contributed by atoms with van der Waals surface area (Å²) in [7, 11) is 3.47. The van der Waals surface area contributed by atoms with Gasteiger partial charge in [0.25, 0.3) is 0 Å². The first-order valence-electron chi connectivity index (χ1n) is 8.66. The summed E-state index contributed by atoms with van der Waals surface area (Å²) in [5.74, 6) is 1.63. The fraction of sp³-hybridized carbons (Fsp3) is 0.611. The molecule has 1 saturated heterocycles. The largest absolute Gasteiger partial charge is 0.496 e. The van der Waals surface area contributed by atoms with E-state index in [-0.39, 0.29) is 24.0 Å². The Morgan fingerprint density at radius 3 is 2.80 bits per heavy atom. The van der Waals surface area contributed by atoms with E-state index in [9.17, 15) is 0 Å². The number of guanidine groups is 1. The zero-order chi connectivity index (χ0) is 17.1. The van der Waals surface area contributed by atoms with Crippen molar-refractivity contribution in [3.05, 3.63) is 28.8 Å². The highest BCUT2D eigenvalue weighted by Crippen LogP contribution is 2.33. The van der Waals surface area contributed by atoms with Crippen molar-refractivity contribution in [2.75, 3.05) is 20.7 Å². The molecule has 1 aromatic carbocycles. The van der Waals surface area contributed by atoms with Crippen LogP contribution in [-0.4, -0.2) is 49.7 Å². The molecule has 2 atom stereocenters. The summed E-state index contributed by atoms with van der Waals surface area (Å²) in [6.07, 6.45) is 3.89. The Morgan fingerprint density at radius 2 is 2.16 bits per heavy atom. The lowest BCUT2D eigenvalue weighted by Gasteiger charge is -2.20. The normalized spacial score (nSPS) is 23.9. The van der Waals surface area contributed by atoms with Crippen molar-refractivity contribution in [1.29, 1.82) is 0 Å². The van der Waals surface area contributed by atoms with Crippen LogP contribution in [0.4, 0.5) is 0 Å². The molecule has 0 bridgehead atoms. The van der Waals surface area contributed by atoms with Crippen LogP contribution in [0.3, 0.4) is 0 Å². The second-order valence-corrected chi connectivity index (χ2v) is 7.17. The number of aliphatic imine (C=N–C) groups is 1. The summed E-state index contributed by atoms with van der Waals surface area (Å²) >= 11 is 6.02. The summed E-state index contributed by atoms with van der Waals surface area (Å²) in [6.45, 7) is 4.08. The number of benzene rings is 1. The van der Waals surface area contributed by atoms with Gasteiger partial charge in [-0.25, -0.2) is 0 Å². The van der Waals surface area contributed by atoms with Crippen molar-refractivity contribution in [3.8, 4) is 5.75 Å². The van der Waals surface area contributed by atoms with Crippen LogP contribution in [-0.2, 0) is 6.54 Å². The first-order valence-corrected chi connectivity index (χ1v) is 9.04. The Morgan fingerprint density at radius 1 is 1.40 bits per heavy atom. The van der Waals surface area contributed by atoms with E-state index < -0.39 is 0 Å². The minimum Gasteiger partial charge on any atom is -0.496 e. The molecule has 0 radical (unpaired) electrons. The van der Waals surface area contributed by atoms with Crippen molar-refractivity contribution in [1.82, 2.24) is 15.5 Å². The molecule has 2 fully saturated rings. The van der Waals surface area contributed by atoms with E-state index in [1.807, 2.05) is 25.2 Å². The van der Waals surface area contributed by atoms with Crippen LogP contribution in [0, 0.1) is 0 Å². The Hall–Kier alpha value is -0.730. The van der Waals surface area contributed by atoms with E-state index in [1.54, 1.807) is 7.11 Å². The van der Waals surface area contributed by atoms with Crippen LogP contribution in [0.25, 0.3) is 0 Å². The van der Waals surface area contributed by atoms with Crippen molar-refractivity contribution in [2.45, 2.75) is 50.9 Å². The predicted octanol–water partition coefficient (Wildman–Crippen LogP) is 3.26. The van der Waals surface area contributed by atoms with Gasteiger partial charge in [-0.3, -0.25) is 9.89 Å². The van der Waals surface area contributed by atoms with Gasteiger partial charge in [-0.2, -0.15) is 0 Å². The zero-order valence-electron chi connectivity index (χ0n) is 15.1. The number of ether oxygens (including phenoxy) is 1. The monoisotopic (exact) mass is 478 g/mol. The molecule has 0 spiro atoms. The SMILES string of the molecule is CN=C(NCc1ccc(Cl)cc1OC)NC1CC(C)N(C2CC2)C1.I. The number of likely N-dealkylation sites (tertiary alicyclic amines) is 1. The van der Waals surface area contributed by atoms with Crippen molar-refractivity contribution in [3.63, 3.8) is 0 Å². The number of rotatable bonds is 5. The second-order valence-electron chi connectivity index (χ2n) is 6.74. The number of nitrogens with zero attached hydrogens (tertiary/aromatic N) is 2. The zero-order valence-corrected chi connectivity index (χ0v) is 18.2. The Balaban J connectivity index is 0.00000225. The van der Waals surface area contributed by atoms with Gasteiger partial charge in [0.2, 0.25) is 0 Å². The van der Waals surface area contributed by atoms with Gasteiger partial charge in [-0.05, 0) is 38.3 Å².